The van der Waals surface area contributed by atoms with Gasteiger partial charge in [0.05, 0.1) is 23.7 Å². The number of ketones is 1. The number of aliphatic hydroxyl groups excluding tert-OH is 1. The van der Waals surface area contributed by atoms with Crippen molar-refractivity contribution in [1.29, 1.82) is 0 Å². The van der Waals surface area contributed by atoms with Gasteiger partial charge in [-0.2, -0.15) is 0 Å². The summed E-state index contributed by atoms with van der Waals surface area (Å²) in [5, 5.41) is 12.0. The number of hydrogen-bond donors (Lipinski definition) is 1. The summed E-state index contributed by atoms with van der Waals surface area (Å²) in [5.41, 5.74) is 2.52. The number of hydrogen-bond acceptors (Lipinski definition) is 5. The Morgan fingerprint density at radius 3 is 2.56 bits per heavy atom. The Balaban J connectivity index is 1.67. The first-order chi connectivity index (χ1) is 16.4. The van der Waals surface area contributed by atoms with E-state index in [1.54, 1.807) is 36.4 Å². The Kier molecular flexibility index (Phi) is 5.38. The summed E-state index contributed by atoms with van der Waals surface area (Å²) >= 11 is 6.33. The number of amides is 1. The molecule has 6 nitrogen and oxygen atoms in total. The van der Waals surface area contributed by atoms with Gasteiger partial charge in [0.25, 0.3) is 5.91 Å². The predicted octanol–water partition coefficient (Wildman–Crippen LogP) is 6.19. The number of methoxy groups -OCH3 is 1. The van der Waals surface area contributed by atoms with Gasteiger partial charge in [0.2, 0.25) is 5.78 Å². The van der Waals surface area contributed by atoms with Crippen molar-refractivity contribution in [2.75, 3.05) is 12.0 Å². The maximum absolute atomic E-state index is 13.6. The van der Waals surface area contributed by atoms with E-state index in [1.165, 1.54) is 12.0 Å². The van der Waals surface area contributed by atoms with E-state index in [1.807, 2.05) is 43.3 Å². The van der Waals surface area contributed by atoms with Gasteiger partial charge in [0.15, 0.2) is 11.5 Å². The molecule has 1 aliphatic heterocycles. The second-order valence-electron chi connectivity index (χ2n) is 8.05. The fourth-order valence-electron chi connectivity index (χ4n) is 4.29. The summed E-state index contributed by atoms with van der Waals surface area (Å²) in [4.78, 5) is 28.3. The molecule has 0 radical (unpaired) electrons. The lowest BCUT2D eigenvalue weighted by atomic mass is 9.94. The molecule has 0 saturated heterocycles. The second kappa shape index (κ2) is 8.39. The normalized spacial score (nSPS) is 15.9. The number of anilines is 1. The molecule has 34 heavy (non-hydrogen) atoms. The SMILES string of the molecule is COc1ccc(N2C(=O)C(O)=C(C(=O)c3cc4ccccc4o3)C2c2cccc(C)c2)cc1Cl. The minimum absolute atomic E-state index is 0.0443. The van der Waals surface area contributed by atoms with E-state index in [0.29, 0.717) is 27.6 Å². The monoisotopic (exact) mass is 473 g/mol. The number of halogens is 1. The third-order valence-electron chi connectivity index (χ3n) is 5.87. The van der Waals surface area contributed by atoms with Gasteiger partial charge in [0, 0.05) is 11.1 Å². The third-order valence-corrected chi connectivity index (χ3v) is 6.17. The summed E-state index contributed by atoms with van der Waals surface area (Å²) in [6.07, 6.45) is 0. The van der Waals surface area contributed by atoms with E-state index >= 15 is 0 Å². The quantitative estimate of drug-likeness (QED) is 0.350. The highest BCUT2D eigenvalue weighted by Crippen LogP contribution is 2.43. The Bertz CT molecular complexity index is 1450. The number of ether oxygens (including phenoxy) is 1. The molecule has 2 heterocycles. The maximum Gasteiger partial charge on any atom is 0.294 e. The summed E-state index contributed by atoms with van der Waals surface area (Å²) in [6, 6.07) is 20.3. The zero-order chi connectivity index (χ0) is 24.0. The standard InChI is InChI=1S/C27H20ClNO5/c1-15-6-5-8-17(12-15)24-23(25(30)22-13-16-7-3-4-9-20(16)34-22)26(31)27(32)29(24)18-10-11-21(33-2)19(28)14-18/h3-14,24,31H,1-2H3. The van der Waals surface area contributed by atoms with Crippen LogP contribution in [0.15, 0.2) is 88.5 Å². The summed E-state index contributed by atoms with van der Waals surface area (Å²) < 4.78 is 11.0. The number of carbonyl (C=O) groups excluding carboxylic acids is 2. The van der Waals surface area contributed by atoms with Gasteiger partial charge in [-0.3, -0.25) is 14.5 Å². The van der Waals surface area contributed by atoms with E-state index in [-0.39, 0.29) is 11.3 Å². The van der Waals surface area contributed by atoms with Gasteiger partial charge in [-0.25, -0.2) is 0 Å². The predicted molar refractivity (Wildman–Crippen MR) is 130 cm³/mol. The first-order valence-electron chi connectivity index (χ1n) is 10.6. The van der Waals surface area contributed by atoms with Crippen molar-refractivity contribution < 1.29 is 23.8 Å². The molecule has 1 unspecified atom stereocenters. The minimum atomic E-state index is -0.877. The maximum atomic E-state index is 13.6. The number of benzene rings is 3. The van der Waals surface area contributed by atoms with E-state index in [0.717, 1.165) is 10.9 Å². The fourth-order valence-corrected chi connectivity index (χ4v) is 4.54. The Hall–Kier alpha value is -4.03. The number of fused-ring (bicyclic) bond motifs is 1. The third kappa shape index (κ3) is 3.53. The van der Waals surface area contributed by atoms with Crippen LogP contribution >= 0.6 is 11.6 Å². The average molecular weight is 474 g/mol. The minimum Gasteiger partial charge on any atom is -0.503 e. The van der Waals surface area contributed by atoms with Crippen LogP contribution in [-0.4, -0.2) is 23.9 Å². The molecule has 1 aromatic heterocycles. The van der Waals surface area contributed by atoms with E-state index < -0.39 is 23.5 Å². The Morgan fingerprint density at radius 2 is 1.85 bits per heavy atom. The molecule has 1 atom stereocenters. The van der Waals surface area contributed by atoms with Crippen molar-refractivity contribution >= 4 is 39.9 Å². The van der Waals surface area contributed by atoms with Gasteiger partial charge in [-0.15, -0.1) is 0 Å². The van der Waals surface area contributed by atoms with Crippen molar-refractivity contribution in [2.45, 2.75) is 13.0 Å². The molecule has 0 fully saturated rings. The van der Waals surface area contributed by atoms with Crippen LogP contribution in [0.5, 0.6) is 5.75 Å². The van der Waals surface area contributed by atoms with Crippen LogP contribution in [0.1, 0.15) is 27.7 Å². The molecular weight excluding hydrogens is 454 g/mol. The van der Waals surface area contributed by atoms with Crippen LogP contribution in [0.3, 0.4) is 0 Å². The molecule has 3 aromatic carbocycles. The van der Waals surface area contributed by atoms with Crippen LogP contribution in [-0.2, 0) is 4.79 Å². The van der Waals surface area contributed by atoms with Crippen molar-refractivity contribution in [3.05, 3.63) is 106 Å². The molecule has 7 heteroatoms. The summed E-state index contributed by atoms with van der Waals surface area (Å²) in [7, 11) is 1.49. The largest absolute Gasteiger partial charge is 0.503 e. The Labute approximate surface area is 200 Å². The van der Waals surface area contributed by atoms with E-state index in [4.69, 9.17) is 20.8 Å². The van der Waals surface area contributed by atoms with Gasteiger partial charge >= 0.3 is 0 Å². The summed E-state index contributed by atoms with van der Waals surface area (Å²) in [6.45, 7) is 1.92. The van der Waals surface area contributed by atoms with Crippen LogP contribution in [0.25, 0.3) is 11.0 Å². The number of aryl methyl sites for hydroxylation is 1. The molecule has 0 bridgehead atoms. The second-order valence-corrected chi connectivity index (χ2v) is 8.46. The number of Topliss-reactive ketones (excluding diaryl/α,β-unsaturated/α-hetero) is 1. The van der Waals surface area contributed by atoms with Crippen LogP contribution < -0.4 is 9.64 Å². The van der Waals surface area contributed by atoms with Crippen molar-refractivity contribution in [3.63, 3.8) is 0 Å². The highest BCUT2D eigenvalue weighted by molar-refractivity contribution is 6.32. The molecule has 170 valence electrons. The smallest absolute Gasteiger partial charge is 0.294 e. The van der Waals surface area contributed by atoms with Gasteiger partial charge < -0.3 is 14.3 Å². The topological polar surface area (TPSA) is 80.0 Å². The van der Waals surface area contributed by atoms with Gasteiger partial charge in [-0.1, -0.05) is 59.6 Å². The number of rotatable bonds is 5. The van der Waals surface area contributed by atoms with Crippen LogP contribution in [0.2, 0.25) is 5.02 Å². The van der Waals surface area contributed by atoms with Crippen molar-refractivity contribution in [1.82, 2.24) is 0 Å². The van der Waals surface area contributed by atoms with Crippen LogP contribution in [0.4, 0.5) is 5.69 Å². The van der Waals surface area contributed by atoms with E-state index in [2.05, 4.69) is 0 Å². The number of carbonyl (C=O) groups is 2. The molecule has 1 N–H and O–H groups in total. The summed E-state index contributed by atoms with van der Waals surface area (Å²) in [5.74, 6) is -1.39. The lowest BCUT2D eigenvalue weighted by molar-refractivity contribution is -0.117. The molecule has 0 spiro atoms. The first-order valence-corrected chi connectivity index (χ1v) is 11.0. The van der Waals surface area contributed by atoms with Crippen molar-refractivity contribution in [3.8, 4) is 5.75 Å². The number of aliphatic hydroxyl groups is 1. The molecule has 0 saturated carbocycles. The molecule has 5 rings (SSSR count). The first kappa shape index (κ1) is 21.8. The molecule has 1 amide bonds. The molecular formula is C27H20ClNO5. The van der Waals surface area contributed by atoms with Gasteiger partial charge in [-0.05, 0) is 42.8 Å². The lowest BCUT2D eigenvalue weighted by Gasteiger charge is -2.27. The number of furan rings is 1. The zero-order valence-electron chi connectivity index (χ0n) is 18.4. The molecule has 0 aliphatic carbocycles. The molecule has 1 aliphatic rings. The highest BCUT2D eigenvalue weighted by Gasteiger charge is 2.45. The molecule has 4 aromatic rings. The number of para-hydroxylation sites is 1. The highest BCUT2D eigenvalue weighted by atomic mass is 35.5. The fraction of sp³-hybridized carbons (Fsp3) is 0.111. The Morgan fingerprint density at radius 1 is 1.06 bits per heavy atom. The van der Waals surface area contributed by atoms with Crippen LogP contribution in [0, 0.1) is 6.92 Å². The van der Waals surface area contributed by atoms with Crippen molar-refractivity contribution in [2.24, 2.45) is 0 Å². The van der Waals surface area contributed by atoms with Gasteiger partial charge in [0.1, 0.15) is 11.3 Å². The number of nitrogens with zero attached hydrogens (tertiary/aromatic N) is 1. The zero-order valence-corrected chi connectivity index (χ0v) is 19.2. The average Bonchev–Trinajstić information content (AvgIpc) is 3.38. The van der Waals surface area contributed by atoms with E-state index in [9.17, 15) is 14.7 Å². The lowest BCUT2D eigenvalue weighted by Crippen LogP contribution is -2.31.